The Morgan fingerprint density at radius 3 is 2.10 bits per heavy atom. The number of anilines is 1. The molecule has 0 aromatic carbocycles. The molecular weight excluding hydrogens is 281 g/mol. The molecule has 21 heavy (non-hydrogen) atoms. The molecule has 0 unspecified atom stereocenters. The summed E-state index contributed by atoms with van der Waals surface area (Å²) in [6.45, 7) is 6.69. The van der Waals surface area contributed by atoms with Gasteiger partial charge in [0, 0.05) is 24.5 Å². The van der Waals surface area contributed by atoms with Gasteiger partial charge in [-0.05, 0) is 18.9 Å². The summed E-state index contributed by atoms with van der Waals surface area (Å²) in [7, 11) is 0. The number of alkyl halides is 3. The Labute approximate surface area is 122 Å². The van der Waals surface area contributed by atoms with Gasteiger partial charge in [0.25, 0.3) is 0 Å². The molecule has 118 valence electrons. The van der Waals surface area contributed by atoms with Crippen molar-refractivity contribution >= 4 is 5.95 Å². The maximum atomic E-state index is 13.0. The smallest absolute Gasteiger partial charge is 0.341 e. The minimum absolute atomic E-state index is 0.106. The molecule has 2 rings (SSSR count). The first kappa shape index (κ1) is 16.0. The standard InChI is InChI=1S/C14H21F3N4/c1-13(2,3)10-8-11(14(15,16)17)20-12(19-10)21-6-4-9(18)5-7-21/h8-9H,4-7,18H2,1-3H3. The number of piperidine rings is 1. The third-order valence-electron chi connectivity index (χ3n) is 3.60. The van der Waals surface area contributed by atoms with E-state index in [2.05, 4.69) is 9.97 Å². The third kappa shape index (κ3) is 3.84. The number of halogens is 3. The number of hydrogen-bond acceptors (Lipinski definition) is 4. The van der Waals surface area contributed by atoms with E-state index >= 15 is 0 Å². The summed E-state index contributed by atoms with van der Waals surface area (Å²) < 4.78 is 39.1. The van der Waals surface area contributed by atoms with Gasteiger partial charge in [0.1, 0.15) is 5.69 Å². The van der Waals surface area contributed by atoms with Gasteiger partial charge in [-0.2, -0.15) is 13.2 Å². The van der Waals surface area contributed by atoms with Gasteiger partial charge < -0.3 is 10.6 Å². The lowest BCUT2D eigenvalue weighted by Crippen LogP contribution is -2.41. The summed E-state index contributed by atoms with van der Waals surface area (Å²) in [6, 6.07) is 1.15. The molecule has 1 saturated heterocycles. The Morgan fingerprint density at radius 2 is 1.62 bits per heavy atom. The number of nitrogens with zero attached hydrogens (tertiary/aromatic N) is 3. The first-order valence-corrected chi connectivity index (χ1v) is 7.04. The van der Waals surface area contributed by atoms with Gasteiger partial charge in [0.2, 0.25) is 5.95 Å². The van der Waals surface area contributed by atoms with Crippen LogP contribution in [0.15, 0.2) is 6.07 Å². The Balaban J connectivity index is 2.41. The average Bonchev–Trinajstić information content (AvgIpc) is 2.37. The molecule has 1 fully saturated rings. The topological polar surface area (TPSA) is 55.0 Å². The molecule has 1 aromatic heterocycles. The molecule has 7 heteroatoms. The first-order valence-electron chi connectivity index (χ1n) is 7.04. The summed E-state index contributed by atoms with van der Waals surface area (Å²) in [4.78, 5) is 9.84. The van der Waals surface area contributed by atoms with E-state index in [9.17, 15) is 13.2 Å². The van der Waals surface area contributed by atoms with Crippen molar-refractivity contribution in [2.75, 3.05) is 18.0 Å². The van der Waals surface area contributed by atoms with Crippen LogP contribution in [0.25, 0.3) is 0 Å². The van der Waals surface area contributed by atoms with Crippen LogP contribution in [0.5, 0.6) is 0 Å². The molecule has 0 aliphatic carbocycles. The number of aromatic nitrogens is 2. The highest BCUT2D eigenvalue weighted by atomic mass is 19.4. The fourth-order valence-electron chi connectivity index (χ4n) is 2.20. The van der Waals surface area contributed by atoms with E-state index in [0.29, 0.717) is 18.8 Å². The fraction of sp³-hybridized carbons (Fsp3) is 0.714. The molecule has 1 aliphatic heterocycles. The van der Waals surface area contributed by atoms with E-state index in [1.165, 1.54) is 0 Å². The van der Waals surface area contributed by atoms with E-state index in [1.807, 2.05) is 20.8 Å². The summed E-state index contributed by atoms with van der Waals surface area (Å²) in [5.41, 5.74) is 4.87. The second-order valence-corrected chi connectivity index (χ2v) is 6.51. The minimum atomic E-state index is -4.47. The van der Waals surface area contributed by atoms with Gasteiger partial charge in [0.05, 0.1) is 5.69 Å². The average molecular weight is 302 g/mol. The third-order valence-corrected chi connectivity index (χ3v) is 3.60. The number of hydrogen-bond donors (Lipinski definition) is 1. The Kier molecular flexibility index (Phi) is 4.15. The van der Waals surface area contributed by atoms with Crippen molar-refractivity contribution in [2.45, 2.75) is 51.2 Å². The molecule has 0 spiro atoms. The zero-order valence-electron chi connectivity index (χ0n) is 12.5. The van der Waals surface area contributed by atoms with Crippen molar-refractivity contribution in [3.8, 4) is 0 Å². The largest absolute Gasteiger partial charge is 0.433 e. The van der Waals surface area contributed by atoms with Gasteiger partial charge in [-0.15, -0.1) is 0 Å². The second kappa shape index (κ2) is 5.44. The zero-order valence-corrected chi connectivity index (χ0v) is 12.5. The number of nitrogens with two attached hydrogens (primary N) is 1. The molecule has 1 aromatic rings. The highest BCUT2D eigenvalue weighted by Gasteiger charge is 2.35. The van der Waals surface area contributed by atoms with E-state index < -0.39 is 17.3 Å². The van der Waals surface area contributed by atoms with Crippen LogP contribution < -0.4 is 10.6 Å². The van der Waals surface area contributed by atoms with Crippen LogP contribution in [0, 0.1) is 0 Å². The van der Waals surface area contributed by atoms with Crippen molar-refractivity contribution < 1.29 is 13.2 Å². The van der Waals surface area contributed by atoms with E-state index in [-0.39, 0.29) is 12.0 Å². The Bertz CT molecular complexity index is 468. The van der Waals surface area contributed by atoms with Crippen LogP contribution in [0.2, 0.25) is 0 Å². The van der Waals surface area contributed by atoms with Gasteiger partial charge in [0.15, 0.2) is 0 Å². The van der Waals surface area contributed by atoms with Crippen molar-refractivity contribution in [3.05, 3.63) is 17.5 Å². The highest BCUT2D eigenvalue weighted by Crippen LogP contribution is 2.32. The quantitative estimate of drug-likeness (QED) is 0.866. The van der Waals surface area contributed by atoms with Crippen LogP contribution in [0.3, 0.4) is 0 Å². The monoisotopic (exact) mass is 302 g/mol. The summed E-state index contributed by atoms with van der Waals surface area (Å²) in [5.74, 6) is 0.154. The normalized spacial score (nSPS) is 18.1. The van der Waals surface area contributed by atoms with E-state index in [1.54, 1.807) is 4.90 Å². The van der Waals surface area contributed by atoms with Crippen molar-refractivity contribution in [3.63, 3.8) is 0 Å². The molecule has 1 aliphatic rings. The molecule has 2 heterocycles. The molecule has 0 saturated carbocycles. The fourth-order valence-corrected chi connectivity index (χ4v) is 2.20. The molecule has 0 bridgehead atoms. The van der Waals surface area contributed by atoms with Crippen LogP contribution in [0.1, 0.15) is 45.0 Å². The predicted octanol–water partition coefficient (Wildman–Crippen LogP) is 2.72. The minimum Gasteiger partial charge on any atom is -0.341 e. The molecule has 0 amide bonds. The maximum absolute atomic E-state index is 13.0. The van der Waals surface area contributed by atoms with Crippen LogP contribution in [-0.4, -0.2) is 29.1 Å². The van der Waals surface area contributed by atoms with Crippen LogP contribution in [-0.2, 0) is 11.6 Å². The SMILES string of the molecule is CC(C)(C)c1cc(C(F)(F)F)nc(N2CCC(N)CC2)n1. The summed E-state index contributed by atoms with van der Waals surface area (Å²) >= 11 is 0. The van der Waals surface area contributed by atoms with Gasteiger partial charge in [-0.1, -0.05) is 20.8 Å². The molecule has 0 radical (unpaired) electrons. The molecular formula is C14H21F3N4. The van der Waals surface area contributed by atoms with Crippen molar-refractivity contribution in [1.29, 1.82) is 0 Å². The first-order chi connectivity index (χ1) is 9.57. The summed E-state index contributed by atoms with van der Waals surface area (Å²) in [5, 5.41) is 0. The molecule has 4 nitrogen and oxygen atoms in total. The number of rotatable bonds is 1. The molecule has 0 atom stereocenters. The Hall–Kier alpha value is -1.37. The van der Waals surface area contributed by atoms with Crippen LogP contribution >= 0.6 is 0 Å². The van der Waals surface area contributed by atoms with E-state index in [0.717, 1.165) is 18.9 Å². The second-order valence-electron chi connectivity index (χ2n) is 6.51. The Morgan fingerprint density at radius 1 is 1.10 bits per heavy atom. The lowest BCUT2D eigenvalue weighted by Gasteiger charge is -2.31. The van der Waals surface area contributed by atoms with Crippen molar-refractivity contribution in [2.24, 2.45) is 5.73 Å². The molecule has 2 N–H and O–H groups in total. The van der Waals surface area contributed by atoms with Gasteiger partial charge in [-0.3, -0.25) is 0 Å². The summed E-state index contributed by atoms with van der Waals surface area (Å²) in [6.07, 6.45) is -2.99. The van der Waals surface area contributed by atoms with Crippen molar-refractivity contribution in [1.82, 2.24) is 9.97 Å². The zero-order chi connectivity index (χ0) is 15.8. The predicted molar refractivity (Wildman–Crippen MR) is 75.2 cm³/mol. The lowest BCUT2D eigenvalue weighted by atomic mass is 9.91. The van der Waals surface area contributed by atoms with Gasteiger partial charge in [-0.25, -0.2) is 9.97 Å². The van der Waals surface area contributed by atoms with Crippen LogP contribution in [0.4, 0.5) is 19.1 Å². The highest BCUT2D eigenvalue weighted by molar-refractivity contribution is 5.35. The lowest BCUT2D eigenvalue weighted by molar-refractivity contribution is -0.141. The van der Waals surface area contributed by atoms with Gasteiger partial charge >= 0.3 is 6.18 Å². The maximum Gasteiger partial charge on any atom is 0.433 e. The van der Waals surface area contributed by atoms with E-state index in [4.69, 9.17) is 5.73 Å².